The summed E-state index contributed by atoms with van der Waals surface area (Å²) in [5, 5.41) is 11.3. The lowest BCUT2D eigenvalue weighted by Gasteiger charge is -2.24. The fourth-order valence-corrected chi connectivity index (χ4v) is 3.30. The zero-order valence-electron chi connectivity index (χ0n) is 16.7. The zero-order chi connectivity index (χ0) is 23.6. The number of nitro benzene ring substituents is 1. The lowest BCUT2D eigenvalue weighted by atomic mass is 10.1. The van der Waals surface area contributed by atoms with Crippen molar-refractivity contribution in [1.82, 2.24) is 14.5 Å². The van der Waals surface area contributed by atoms with E-state index in [4.69, 9.17) is 0 Å². The highest BCUT2D eigenvalue weighted by molar-refractivity contribution is 5.97. The molecular weight excluding hydrogens is 433 g/mol. The third kappa shape index (κ3) is 4.68. The molecule has 32 heavy (non-hydrogen) atoms. The van der Waals surface area contributed by atoms with E-state index >= 15 is 0 Å². The van der Waals surface area contributed by atoms with Crippen molar-refractivity contribution in [1.29, 1.82) is 0 Å². The molecule has 0 saturated heterocycles. The van der Waals surface area contributed by atoms with Crippen molar-refractivity contribution in [3.05, 3.63) is 84.5 Å². The number of para-hydroxylation sites is 1. The van der Waals surface area contributed by atoms with Crippen LogP contribution in [0.15, 0.2) is 52.1 Å². The number of alkyl halides is 3. The van der Waals surface area contributed by atoms with E-state index in [1.807, 2.05) is 0 Å². The molecule has 0 aliphatic rings. The van der Waals surface area contributed by atoms with Crippen LogP contribution in [0.3, 0.4) is 0 Å². The maximum absolute atomic E-state index is 13.2. The first kappa shape index (κ1) is 22.7. The molecule has 3 aromatic rings. The van der Waals surface area contributed by atoms with Gasteiger partial charge in [0, 0.05) is 23.7 Å². The molecule has 168 valence electrons. The number of rotatable bonds is 6. The monoisotopic (exact) mass is 450 g/mol. The van der Waals surface area contributed by atoms with Gasteiger partial charge < -0.3 is 9.88 Å². The number of aromatic amines is 1. The van der Waals surface area contributed by atoms with Crippen molar-refractivity contribution in [3.63, 3.8) is 0 Å². The highest BCUT2D eigenvalue weighted by atomic mass is 19.4. The Kier molecular flexibility index (Phi) is 6.14. The number of fused-ring (bicyclic) bond motifs is 1. The highest BCUT2D eigenvalue weighted by Crippen LogP contribution is 2.24. The van der Waals surface area contributed by atoms with Crippen molar-refractivity contribution in [2.45, 2.75) is 26.2 Å². The van der Waals surface area contributed by atoms with E-state index in [1.54, 1.807) is 6.92 Å². The normalized spacial score (nSPS) is 11.5. The molecule has 1 amide bonds. The average Bonchev–Trinajstić information content (AvgIpc) is 2.72. The minimum absolute atomic E-state index is 0.00630. The van der Waals surface area contributed by atoms with Crippen molar-refractivity contribution in [2.75, 3.05) is 6.54 Å². The largest absolute Gasteiger partial charge is 0.406 e. The molecule has 12 heteroatoms. The first-order valence-electron chi connectivity index (χ1n) is 9.37. The van der Waals surface area contributed by atoms with Gasteiger partial charge in [0.2, 0.25) is 0 Å². The minimum Gasteiger partial charge on any atom is -0.325 e. The molecule has 0 spiro atoms. The molecule has 0 aliphatic carbocycles. The smallest absolute Gasteiger partial charge is 0.325 e. The van der Waals surface area contributed by atoms with Crippen LogP contribution in [0.5, 0.6) is 0 Å². The van der Waals surface area contributed by atoms with Crippen LogP contribution in [0.2, 0.25) is 0 Å². The molecule has 2 aromatic carbocycles. The van der Waals surface area contributed by atoms with Crippen molar-refractivity contribution in [2.24, 2.45) is 0 Å². The summed E-state index contributed by atoms with van der Waals surface area (Å²) in [6.07, 6.45) is -4.76. The molecule has 0 aliphatic heterocycles. The fraction of sp³-hybridized carbons (Fsp3) is 0.250. The van der Waals surface area contributed by atoms with Crippen molar-refractivity contribution < 1.29 is 22.9 Å². The second-order valence-corrected chi connectivity index (χ2v) is 6.90. The van der Waals surface area contributed by atoms with Crippen LogP contribution >= 0.6 is 0 Å². The van der Waals surface area contributed by atoms with Crippen LogP contribution in [-0.2, 0) is 13.1 Å². The molecule has 1 heterocycles. The van der Waals surface area contributed by atoms with Gasteiger partial charge >= 0.3 is 11.9 Å². The zero-order valence-corrected chi connectivity index (χ0v) is 16.7. The SMILES string of the molecule is CCn1c(=O)[nH]c2cc(C(=O)N(Cc3ccccc3[N+](=O)[O-])CC(F)(F)F)ccc2c1=O. The van der Waals surface area contributed by atoms with E-state index in [2.05, 4.69) is 4.98 Å². The van der Waals surface area contributed by atoms with Gasteiger partial charge in [0.25, 0.3) is 17.2 Å². The minimum atomic E-state index is -4.76. The van der Waals surface area contributed by atoms with Crippen LogP contribution < -0.4 is 11.2 Å². The first-order valence-corrected chi connectivity index (χ1v) is 9.37. The van der Waals surface area contributed by atoms with Crippen LogP contribution in [0.25, 0.3) is 10.9 Å². The van der Waals surface area contributed by atoms with Crippen LogP contribution in [0, 0.1) is 10.1 Å². The summed E-state index contributed by atoms with van der Waals surface area (Å²) in [4.78, 5) is 50.6. The highest BCUT2D eigenvalue weighted by Gasteiger charge is 2.34. The molecule has 1 N–H and O–H groups in total. The Morgan fingerprint density at radius 3 is 2.50 bits per heavy atom. The molecule has 0 unspecified atom stereocenters. The van der Waals surface area contributed by atoms with E-state index in [1.165, 1.54) is 30.3 Å². The van der Waals surface area contributed by atoms with E-state index in [9.17, 15) is 37.7 Å². The summed E-state index contributed by atoms with van der Waals surface area (Å²) in [5.74, 6) is -1.07. The lowest BCUT2D eigenvalue weighted by Crippen LogP contribution is -2.39. The molecule has 1 aromatic heterocycles. The Balaban J connectivity index is 2.05. The molecule has 0 saturated carbocycles. The average molecular weight is 450 g/mol. The van der Waals surface area contributed by atoms with Gasteiger partial charge in [-0.2, -0.15) is 13.2 Å². The number of hydrogen-bond donors (Lipinski definition) is 1. The summed E-state index contributed by atoms with van der Waals surface area (Å²) in [6.45, 7) is -0.608. The summed E-state index contributed by atoms with van der Waals surface area (Å²) in [5.41, 5.74) is -2.04. The van der Waals surface area contributed by atoms with E-state index in [0.717, 1.165) is 16.7 Å². The predicted molar refractivity (Wildman–Crippen MR) is 108 cm³/mol. The van der Waals surface area contributed by atoms with Gasteiger partial charge in [-0.1, -0.05) is 18.2 Å². The lowest BCUT2D eigenvalue weighted by molar-refractivity contribution is -0.385. The Morgan fingerprint density at radius 2 is 1.88 bits per heavy atom. The maximum atomic E-state index is 13.2. The number of aromatic nitrogens is 2. The van der Waals surface area contributed by atoms with Gasteiger partial charge in [0.1, 0.15) is 6.54 Å². The third-order valence-electron chi connectivity index (χ3n) is 4.75. The molecule has 0 fully saturated rings. The number of benzene rings is 2. The molecular formula is C20H17F3N4O5. The third-order valence-corrected chi connectivity index (χ3v) is 4.75. The molecule has 0 atom stereocenters. The number of amides is 1. The number of nitrogens with one attached hydrogen (secondary N) is 1. The Morgan fingerprint density at radius 1 is 1.19 bits per heavy atom. The molecule has 0 bridgehead atoms. The number of halogens is 3. The molecule has 0 radical (unpaired) electrons. The Bertz CT molecular complexity index is 1310. The number of hydrogen-bond acceptors (Lipinski definition) is 5. The Hall–Kier alpha value is -3.96. The second-order valence-electron chi connectivity index (χ2n) is 6.90. The van der Waals surface area contributed by atoms with Gasteiger partial charge in [0.05, 0.1) is 22.4 Å². The van der Waals surface area contributed by atoms with Crippen molar-refractivity contribution in [3.8, 4) is 0 Å². The van der Waals surface area contributed by atoms with Crippen LogP contribution in [-0.4, -0.2) is 38.0 Å². The first-order chi connectivity index (χ1) is 15.0. The van der Waals surface area contributed by atoms with Gasteiger partial charge in [0.15, 0.2) is 0 Å². The van der Waals surface area contributed by atoms with Gasteiger partial charge in [-0.05, 0) is 25.1 Å². The Labute approximate surface area is 177 Å². The van der Waals surface area contributed by atoms with Gasteiger partial charge in [-0.25, -0.2) is 4.79 Å². The topological polar surface area (TPSA) is 118 Å². The van der Waals surface area contributed by atoms with E-state index < -0.39 is 47.0 Å². The summed E-state index contributed by atoms with van der Waals surface area (Å²) in [7, 11) is 0. The summed E-state index contributed by atoms with van der Waals surface area (Å²) >= 11 is 0. The quantitative estimate of drug-likeness (QED) is 0.458. The molecule has 3 rings (SSSR count). The molecule has 9 nitrogen and oxygen atoms in total. The van der Waals surface area contributed by atoms with Crippen LogP contribution in [0.4, 0.5) is 18.9 Å². The maximum Gasteiger partial charge on any atom is 0.406 e. The number of nitro groups is 1. The predicted octanol–water partition coefficient (Wildman–Crippen LogP) is 2.82. The summed E-state index contributed by atoms with van der Waals surface area (Å²) in [6, 6.07) is 8.70. The second kappa shape index (κ2) is 8.65. The van der Waals surface area contributed by atoms with Gasteiger partial charge in [-0.15, -0.1) is 0 Å². The fourth-order valence-electron chi connectivity index (χ4n) is 3.30. The number of H-pyrrole nitrogens is 1. The summed E-state index contributed by atoms with van der Waals surface area (Å²) < 4.78 is 40.4. The van der Waals surface area contributed by atoms with E-state index in [-0.39, 0.29) is 28.6 Å². The van der Waals surface area contributed by atoms with E-state index in [0.29, 0.717) is 4.90 Å². The van der Waals surface area contributed by atoms with Crippen molar-refractivity contribution >= 4 is 22.5 Å². The number of carbonyl (C=O) groups excluding carboxylic acids is 1. The van der Waals surface area contributed by atoms with Gasteiger partial charge in [-0.3, -0.25) is 24.3 Å². The van der Waals surface area contributed by atoms with Crippen LogP contribution in [0.1, 0.15) is 22.8 Å². The number of nitrogens with zero attached hydrogens (tertiary/aromatic N) is 3. The number of carbonyl (C=O) groups is 1. The standard InChI is InChI=1S/C20H17F3N4O5/c1-2-26-18(29)14-8-7-12(9-15(14)24-19(26)30)17(28)25(11-20(21,22)23)10-13-5-3-4-6-16(13)27(31)32/h3-9H,2,10-11H2,1H3,(H,24,30).